The molecule has 0 aliphatic carbocycles. The molecule has 0 amide bonds. The van der Waals surface area contributed by atoms with Crippen LogP contribution in [0.25, 0.3) is 0 Å². The van der Waals surface area contributed by atoms with Crippen LogP contribution in [-0.4, -0.2) is 12.9 Å². The van der Waals surface area contributed by atoms with Gasteiger partial charge in [0.25, 0.3) is 0 Å². The second-order valence-electron chi connectivity index (χ2n) is 5.47. The van der Waals surface area contributed by atoms with Crippen LogP contribution in [0.1, 0.15) is 35.3 Å². The average Bonchev–Trinajstić information content (AvgIpc) is 2.46. The second kappa shape index (κ2) is 6.77. The Morgan fingerprint density at radius 2 is 1.81 bits per heavy atom. The van der Waals surface area contributed by atoms with E-state index in [9.17, 15) is 4.79 Å². The van der Waals surface area contributed by atoms with Crippen molar-refractivity contribution in [3.63, 3.8) is 0 Å². The van der Waals surface area contributed by atoms with Crippen molar-refractivity contribution in [2.75, 3.05) is 7.11 Å². The fourth-order valence-corrected chi connectivity index (χ4v) is 2.43. The first-order valence-electron chi connectivity index (χ1n) is 6.98. The van der Waals surface area contributed by atoms with E-state index in [1.807, 2.05) is 24.3 Å². The van der Waals surface area contributed by atoms with Crippen molar-refractivity contribution in [1.82, 2.24) is 0 Å². The maximum Gasteiger partial charge on any atom is 0.196 e. The Labute approximate surface area is 130 Å². The first kappa shape index (κ1) is 15.6. The first-order valence-corrected chi connectivity index (χ1v) is 7.36. The van der Waals surface area contributed by atoms with Gasteiger partial charge in [-0.25, -0.2) is 0 Å². The number of hydrogen-bond donors (Lipinski definition) is 0. The normalized spacial score (nSPS) is 10.7. The van der Waals surface area contributed by atoms with E-state index in [1.54, 1.807) is 18.2 Å². The van der Waals surface area contributed by atoms with E-state index in [0.717, 1.165) is 6.42 Å². The maximum atomic E-state index is 12.5. The van der Waals surface area contributed by atoms with Gasteiger partial charge in [-0.1, -0.05) is 49.7 Å². The third-order valence-electron chi connectivity index (χ3n) is 3.27. The molecule has 0 radical (unpaired) electrons. The zero-order chi connectivity index (χ0) is 15.4. The Kier molecular flexibility index (Phi) is 5.03. The predicted octanol–water partition coefficient (Wildman–Crippen LogP) is 4.78. The topological polar surface area (TPSA) is 26.3 Å². The molecule has 0 aromatic heterocycles. The molecule has 21 heavy (non-hydrogen) atoms. The van der Waals surface area contributed by atoms with Gasteiger partial charge in [-0.15, -0.1) is 0 Å². The van der Waals surface area contributed by atoms with Crippen molar-refractivity contribution in [3.8, 4) is 5.75 Å². The van der Waals surface area contributed by atoms with Crippen LogP contribution in [0.5, 0.6) is 5.75 Å². The molecule has 0 spiro atoms. The SMILES string of the molecule is COc1cc(Cl)ccc1C(=O)c1ccc(CC(C)C)cc1. The van der Waals surface area contributed by atoms with E-state index in [1.165, 1.54) is 12.7 Å². The lowest BCUT2D eigenvalue weighted by molar-refractivity contribution is 0.103. The van der Waals surface area contributed by atoms with Gasteiger partial charge in [0.2, 0.25) is 0 Å². The molecule has 2 aromatic rings. The van der Waals surface area contributed by atoms with Gasteiger partial charge in [0, 0.05) is 10.6 Å². The minimum atomic E-state index is -0.0559. The Morgan fingerprint density at radius 3 is 2.38 bits per heavy atom. The van der Waals surface area contributed by atoms with Gasteiger partial charge >= 0.3 is 0 Å². The summed E-state index contributed by atoms with van der Waals surface area (Å²) in [6.07, 6.45) is 1.01. The molecule has 2 rings (SSSR count). The summed E-state index contributed by atoms with van der Waals surface area (Å²) in [5, 5.41) is 0.552. The highest BCUT2D eigenvalue weighted by molar-refractivity contribution is 6.31. The highest BCUT2D eigenvalue weighted by Gasteiger charge is 2.14. The van der Waals surface area contributed by atoms with Crippen LogP contribution < -0.4 is 4.74 Å². The van der Waals surface area contributed by atoms with Crippen molar-refractivity contribution < 1.29 is 9.53 Å². The monoisotopic (exact) mass is 302 g/mol. The molecule has 3 heteroatoms. The Bertz CT molecular complexity index is 630. The van der Waals surface area contributed by atoms with Gasteiger partial charge in [-0.05, 0) is 36.1 Å². The van der Waals surface area contributed by atoms with Gasteiger partial charge in [-0.2, -0.15) is 0 Å². The number of hydrogen-bond acceptors (Lipinski definition) is 2. The third kappa shape index (κ3) is 3.85. The van der Waals surface area contributed by atoms with Crippen LogP contribution in [-0.2, 0) is 6.42 Å². The highest BCUT2D eigenvalue weighted by atomic mass is 35.5. The van der Waals surface area contributed by atoms with Crippen LogP contribution in [0.3, 0.4) is 0 Å². The van der Waals surface area contributed by atoms with Crippen LogP contribution >= 0.6 is 11.6 Å². The fourth-order valence-electron chi connectivity index (χ4n) is 2.27. The number of ether oxygens (including phenoxy) is 1. The molecule has 0 aliphatic heterocycles. The molecule has 110 valence electrons. The zero-order valence-corrected chi connectivity index (χ0v) is 13.3. The number of ketones is 1. The minimum absolute atomic E-state index is 0.0559. The van der Waals surface area contributed by atoms with Gasteiger partial charge < -0.3 is 4.74 Å². The van der Waals surface area contributed by atoms with Crippen molar-refractivity contribution in [2.24, 2.45) is 5.92 Å². The van der Waals surface area contributed by atoms with Gasteiger partial charge in [0.1, 0.15) is 5.75 Å². The van der Waals surface area contributed by atoms with Crippen molar-refractivity contribution in [1.29, 1.82) is 0 Å². The molecule has 0 saturated heterocycles. The van der Waals surface area contributed by atoms with E-state index in [2.05, 4.69) is 13.8 Å². The summed E-state index contributed by atoms with van der Waals surface area (Å²) in [6.45, 7) is 4.36. The second-order valence-corrected chi connectivity index (χ2v) is 5.91. The zero-order valence-electron chi connectivity index (χ0n) is 12.5. The van der Waals surface area contributed by atoms with E-state index in [-0.39, 0.29) is 5.78 Å². The summed E-state index contributed by atoms with van der Waals surface area (Å²) < 4.78 is 5.24. The summed E-state index contributed by atoms with van der Waals surface area (Å²) in [6, 6.07) is 12.8. The lowest BCUT2D eigenvalue weighted by atomic mass is 9.98. The van der Waals surface area contributed by atoms with Gasteiger partial charge in [0.15, 0.2) is 5.78 Å². The summed E-state index contributed by atoms with van der Waals surface area (Å²) in [5.41, 5.74) is 2.42. The molecule has 0 atom stereocenters. The lowest BCUT2D eigenvalue weighted by Gasteiger charge is -2.09. The number of halogens is 1. The first-order chi connectivity index (χ1) is 10.0. The maximum absolute atomic E-state index is 12.5. The summed E-state index contributed by atoms with van der Waals surface area (Å²) in [4.78, 5) is 12.5. The summed E-state index contributed by atoms with van der Waals surface area (Å²) in [7, 11) is 1.54. The standard InChI is InChI=1S/C18H19ClO2/c1-12(2)10-13-4-6-14(7-5-13)18(20)16-9-8-15(19)11-17(16)21-3/h4-9,11-12H,10H2,1-3H3. The summed E-state index contributed by atoms with van der Waals surface area (Å²) >= 11 is 5.92. The number of carbonyl (C=O) groups is 1. The molecular weight excluding hydrogens is 284 g/mol. The molecule has 0 heterocycles. The molecule has 0 fully saturated rings. The molecular formula is C18H19ClO2. The van der Waals surface area contributed by atoms with Crippen LogP contribution in [0.4, 0.5) is 0 Å². The molecule has 0 bridgehead atoms. The third-order valence-corrected chi connectivity index (χ3v) is 3.50. The summed E-state index contributed by atoms with van der Waals surface area (Å²) in [5.74, 6) is 1.04. The van der Waals surface area contributed by atoms with E-state index < -0.39 is 0 Å². The number of methoxy groups -OCH3 is 1. The Morgan fingerprint density at radius 1 is 1.14 bits per heavy atom. The van der Waals surface area contributed by atoms with Crippen molar-refractivity contribution >= 4 is 17.4 Å². The predicted molar refractivity (Wildman–Crippen MR) is 86.4 cm³/mol. The number of rotatable bonds is 5. The molecule has 2 nitrogen and oxygen atoms in total. The van der Waals surface area contributed by atoms with Crippen molar-refractivity contribution in [3.05, 3.63) is 64.2 Å². The highest BCUT2D eigenvalue weighted by Crippen LogP contribution is 2.25. The largest absolute Gasteiger partial charge is 0.496 e. The quantitative estimate of drug-likeness (QED) is 0.743. The number of carbonyl (C=O) groups excluding carboxylic acids is 1. The van der Waals surface area contributed by atoms with Gasteiger partial charge in [-0.3, -0.25) is 4.79 Å². The average molecular weight is 303 g/mol. The van der Waals surface area contributed by atoms with E-state index in [0.29, 0.717) is 27.8 Å². The number of benzene rings is 2. The molecule has 0 aliphatic rings. The van der Waals surface area contributed by atoms with Crippen molar-refractivity contribution in [2.45, 2.75) is 20.3 Å². The molecule has 2 aromatic carbocycles. The minimum Gasteiger partial charge on any atom is -0.496 e. The van der Waals surface area contributed by atoms with E-state index in [4.69, 9.17) is 16.3 Å². The molecule has 0 saturated carbocycles. The molecule has 0 unspecified atom stereocenters. The van der Waals surface area contributed by atoms with Gasteiger partial charge in [0.05, 0.1) is 12.7 Å². The smallest absolute Gasteiger partial charge is 0.196 e. The van der Waals surface area contributed by atoms with Crippen LogP contribution in [0.15, 0.2) is 42.5 Å². The Hall–Kier alpha value is -1.80. The Balaban J connectivity index is 2.28. The van der Waals surface area contributed by atoms with Crippen LogP contribution in [0, 0.1) is 5.92 Å². The molecule has 0 N–H and O–H groups in total. The lowest BCUT2D eigenvalue weighted by Crippen LogP contribution is -2.04. The van der Waals surface area contributed by atoms with E-state index >= 15 is 0 Å². The fraction of sp³-hybridized carbons (Fsp3) is 0.278. The van der Waals surface area contributed by atoms with Crippen LogP contribution in [0.2, 0.25) is 5.02 Å².